The van der Waals surface area contributed by atoms with Gasteiger partial charge in [0.25, 0.3) is 0 Å². The molecular weight excluding hydrogens is 360 g/mol. The molecule has 29 heavy (non-hydrogen) atoms. The predicted octanol–water partition coefficient (Wildman–Crippen LogP) is 4.75. The van der Waals surface area contributed by atoms with Crippen molar-refractivity contribution in [3.8, 4) is 0 Å². The van der Waals surface area contributed by atoms with Crippen molar-refractivity contribution >= 4 is 17.2 Å². The van der Waals surface area contributed by atoms with E-state index in [2.05, 4.69) is 64.6 Å². The van der Waals surface area contributed by atoms with Gasteiger partial charge < -0.3 is 20.5 Å². The minimum absolute atomic E-state index is 0.649. The molecule has 3 rings (SSSR count). The van der Waals surface area contributed by atoms with Gasteiger partial charge in [0.2, 0.25) is 0 Å². The first-order valence-electron chi connectivity index (χ1n) is 9.74. The summed E-state index contributed by atoms with van der Waals surface area (Å²) in [5, 5.41) is 9.83. The molecule has 3 N–H and O–H groups in total. The summed E-state index contributed by atoms with van der Waals surface area (Å²) in [5.41, 5.74) is 4.06. The highest BCUT2D eigenvalue weighted by Crippen LogP contribution is 2.18. The van der Waals surface area contributed by atoms with Crippen LogP contribution in [0, 0.1) is 6.92 Å². The van der Waals surface area contributed by atoms with E-state index in [9.17, 15) is 0 Å². The summed E-state index contributed by atoms with van der Waals surface area (Å²) < 4.78 is 2.10. The molecule has 6 heteroatoms. The first kappa shape index (κ1) is 20.2. The van der Waals surface area contributed by atoms with Gasteiger partial charge in [-0.1, -0.05) is 43.8 Å². The number of hydrogen-bond acceptors (Lipinski definition) is 5. The topological polar surface area (TPSA) is 66.8 Å². The van der Waals surface area contributed by atoms with E-state index in [4.69, 9.17) is 4.98 Å². The van der Waals surface area contributed by atoms with Gasteiger partial charge in [-0.3, -0.25) is 4.98 Å². The maximum Gasteiger partial charge on any atom is 0.158 e. The van der Waals surface area contributed by atoms with Crippen LogP contribution in [-0.2, 0) is 13.1 Å². The second kappa shape index (κ2) is 9.59. The number of pyridine rings is 1. The Morgan fingerprint density at radius 3 is 2.59 bits per heavy atom. The highest BCUT2D eigenvalue weighted by molar-refractivity contribution is 5.60. The number of hydrogen-bond donors (Lipinski definition) is 3. The van der Waals surface area contributed by atoms with E-state index in [1.165, 1.54) is 5.56 Å². The Balaban J connectivity index is 1.66. The van der Waals surface area contributed by atoms with Crippen LogP contribution in [0.15, 0.2) is 74.0 Å². The molecule has 1 aromatic carbocycles. The molecule has 0 saturated carbocycles. The molecule has 0 saturated heterocycles. The van der Waals surface area contributed by atoms with E-state index in [-0.39, 0.29) is 0 Å². The van der Waals surface area contributed by atoms with Crippen LogP contribution in [0.3, 0.4) is 0 Å². The van der Waals surface area contributed by atoms with Gasteiger partial charge in [0.15, 0.2) is 5.82 Å². The van der Waals surface area contributed by atoms with E-state index < -0.39 is 0 Å². The van der Waals surface area contributed by atoms with Crippen LogP contribution in [-0.4, -0.2) is 14.5 Å². The maximum atomic E-state index is 4.71. The first-order chi connectivity index (χ1) is 14.0. The average molecular weight is 389 g/mol. The molecule has 0 aliphatic rings. The zero-order valence-corrected chi connectivity index (χ0v) is 17.1. The van der Waals surface area contributed by atoms with Crippen LogP contribution in [0.2, 0.25) is 0 Å². The largest absolute Gasteiger partial charge is 0.378 e. The van der Waals surface area contributed by atoms with E-state index in [0.29, 0.717) is 12.4 Å². The number of benzene rings is 1. The molecule has 6 nitrogen and oxygen atoms in total. The molecule has 0 unspecified atom stereocenters. The Labute approximate surface area is 172 Å². The van der Waals surface area contributed by atoms with Crippen LogP contribution in [0.1, 0.15) is 30.3 Å². The summed E-state index contributed by atoms with van der Waals surface area (Å²) in [6.45, 7) is 13.9. The fourth-order valence-electron chi connectivity index (χ4n) is 2.92. The van der Waals surface area contributed by atoms with Crippen LogP contribution in [0.4, 0.5) is 11.5 Å². The third-order valence-corrected chi connectivity index (χ3v) is 4.37. The van der Waals surface area contributed by atoms with Gasteiger partial charge >= 0.3 is 0 Å². The summed E-state index contributed by atoms with van der Waals surface area (Å²) in [5.74, 6) is 2.19. The second-order valence-corrected chi connectivity index (χ2v) is 6.93. The van der Waals surface area contributed by atoms with Crippen molar-refractivity contribution in [3.63, 3.8) is 0 Å². The lowest BCUT2D eigenvalue weighted by atomic mass is 10.2. The summed E-state index contributed by atoms with van der Waals surface area (Å²) in [6.07, 6.45) is 6.59. The summed E-state index contributed by atoms with van der Waals surface area (Å²) in [4.78, 5) is 8.85. The van der Waals surface area contributed by atoms with Crippen molar-refractivity contribution in [2.45, 2.75) is 33.4 Å². The van der Waals surface area contributed by atoms with Crippen molar-refractivity contribution in [1.82, 2.24) is 19.9 Å². The van der Waals surface area contributed by atoms with Crippen LogP contribution < -0.4 is 16.0 Å². The fraction of sp³-hybridized carbons (Fsp3) is 0.217. The quantitative estimate of drug-likeness (QED) is 0.468. The normalized spacial score (nSPS) is 10.4. The predicted molar refractivity (Wildman–Crippen MR) is 120 cm³/mol. The molecule has 0 fully saturated rings. The summed E-state index contributed by atoms with van der Waals surface area (Å²) in [7, 11) is 0. The maximum absolute atomic E-state index is 4.71. The highest BCUT2D eigenvalue weighted by atomic mass is 15.2. The lowest BCUT2D eigenvalue weighted by Gasteiger charge is -2.11. The van der Waals surface area contributed by atoms with E-state index in [1.807, 2.05) is 36.7 Å². The van der Waals surface area contributed by atoms with Crippen molar-refractivity contribution in [1.29, 1.82) is 0 Å². The summed E-state index contributed by atoms with van der Waals surface area (Å²) in [6, 6.07) is 12.1. The molecule has 0 spiro atoms. The molecule has 0 amide bonds. The Bertz CT molecular complexity index is 957. The molecule has 0 bridgehead atoms. The van der Waals surface area contributed by atoms with Crippen LogP contribution in [0.25, 0.3) is 5.70 Å². The first-order valence-corrected chi connectivity index (χ1v) is 9.74. The second-order valence-electron chi connectivity index (χ2n) is 6.93. The van der Waals surface area contributed by atoms with Gasteiger partial charge in [-0.15, -0.1) is 0 Å². The third kappa shape index (κ3) is 5.72. The zero-order valence-electron chi connectivity index (χ0n) is 17.1. The average Bonchev–Trinajstić information content (AvgIpc) is 3.11. The molecule has 150 valence electrons. The van der Waals surface area contributed by atoms with Gasteiger partial charge in [-0.25, -0.2) is 4.98 Å². The Kier molecular flexibility index (Phi) is 6.68. The SMILES string of the molecule is C=C(Nc1ccc(C)cc1)Nc1cn(CCC)c(C(=C)NCc2cccnc2)n1. The smallest absolute Gasteiger partial charge is 0.158 e. The minimum Gasteiger partial charge on any atom is -0.378 e. The monoisotopic (exact) mass is 388 g/mol. The van der Waals surface area contributed by atoms with E-state index in [1.54, 1.807) is 6.20 Å². The molecule has 0 radical (unpaired) electrons. The Hall–Kier alpha value is -3.54. The van der Waals surface area contributed by atoms with Crippen molar-refractivity contribution in [3.05, 3.63) is 90.9 Å². The number of aryl methyl sites for hydroxylation is 2. The lowest BCUT2D eigenvalue weighted by Crippen LogP contribution is -2.15. The number of rotatable bonds is 10. The van der Waals surface area contributed by atoms with Gasteiger partial charge in [-0.05, 0) is 37.1 Å². The van der Waals surface area contributed by atoms with Crippen molar-refractivity contribution in [2.75, 3.05) is 10.6 Å². The molecular formula is C23H28N6. The Morgan fingerprint density at radius 2 is 1.90 bits per heavy atom. The number of nitrogens with zero attached hydrogens (tertiary/aromatic N) is 3. The van der Waals surface area contributed by atoms with E-state index in [0.717, 1.165) is 41.6 Å². The van der Waals surface area contributed by atoms with E-state index >= 15 is 0 Å². The molecule has 0 aliphatic heterocycles. The number of anilines is 2. The van der Waals surface area contributed by atoms with Gasteiger partial charge in [0, 0.05) is 37.4 Å². The molecule has 0 aliphatic carbocycles. The van der Waals surface area contributed by atoms with Crippen LogP contribution in [0.5, 0.6) is 0 Å². The number of nitrogens with one attached hydrogen (secondary N) is 3. The molecule has 2 aromatic heterocycles. The molecule has 2 heterocycles. The highest BCUT2D eigenvalue weighted by Gasteiger charge is 2.11. The number of aromatic nitrogens is 3. The fourth-order valence-corrected chi connectivity index (χ4v) is 2.92. The lowest BCUT2D eigenvalue weighted by molar-refractivity contribution is 0.664. The third-order valence-electron chi connectivity index (χ3n) is 4.37. The minimum atomic E-state index is 0.649. The summed E-state index contributed by atoms with van der Waals surface area (Å²) >= 11 is 0. The standard InChI is InChI=1S/C23H28N6/c1-5-13-29-16-22(27-19(4)26-21-10-8-17(2)9-11-21)28-23(29)18(3)25-15-20-7-6-12-24-14-20/h6-12,14,16,25-27H,3-5,13,15H2,1-2H3. The number of imidazole rings is 1. The zero-order chi connectivity index (χ0) is 20.6. The molecule has 3 aromatic rings. The van der Waals surface area contributed by atoms with Crippen LogP contribution >= 0.6 is 0 Å². The van der Waals surface area contributed by atoms with Gasteiger partial charge in [0.05, 0.1) is 5.70 Å². The van der Waals surface area contributed by atoms with Gasteiger partial charge in [-0.2, -0.15) is 0 Å². The Morgan fingerprint density at radius 1 is 1.10 bits per heavy atom. The van der Waals surface area contributed by atoms with Gasteiger partial charge in [0.1, 0.15) is 11.6 Å². The molecule has 0 atom stereocenters. The van der Waals surface area contributed by atoms with Crippen molar-refractivity contribution in [2.24, 2.45) is 0 Å². The van der Waals surface area contributed by atoms with Crippen molar-refractivity contribution < 1.29 is 0 Å².